The Morgan fingerprint density at radius 3 is 2.73 bits per heavy atom. The van der Waals surface area contributed by atoms with Crippen LogP contribution in [0.3, 0.4) is 0 Å². The lowest BCUT2D eigenvalue weighted by Crippen LogP contribution is -2.25. The van der Waals surface area contributed by atoms with Gasteiger partial charge in [-0.05, 0) is 18.6 Å². The summed E-state index contributed by atoms with van der Waals surface area (Å²) >= 11 is 0. The van der Waals surface area contributed by atoms with E-state index in [1.54, 1.807) is 6.20 Å². The van der Waals surface area contributed by atoms with Crippen molar-refractivity contribution < 1.29 is 0 Å². The molecule has 6 heteroatoms. The molecule has 6 nitrogen and oxygen atoms in total. The molecule has 0 aromatic carbocycles. The first-order valence-corrected chi connectivity index (χ1v) is 7.87. The fourth-order valence-electron chi connectivity index (χ4n) is 2.15. The molecule has 2 rings (SSSR count). The minimum atomic E-state index is -0.311. The van der Waals surface area contributed by atoms with E-state index in [0.29, 0.717) is 12.5 Å². The fraction of sp³-hybridized carbons (Fsp3) is 0.500. The number of aromatic nitrogens is 4. The van der Waals surface area contributed by atoms with E-state index in [1.807, 2.05) is 18.2 Å². The summed E-state index contributed by atoms with van der Waals surface area (Å²) in [6.45, 7) is 3.39. The molecule has 0 saturated heterocycles. The summed E-state index contributed by atoms with van der Waals surface area (Å²) < 4.78 is 1.45. The van der Waals surface area contributed by atoms with Gasteiger partial charge in [-0.2, -0.15) is 4.98 Å². The van der Waals surface area contributed by atoms with Gasteiger partial charge >= 0.3 is 5.69 Å². The molecule has 0 bridgehead atoms. The maximum atomic E-state index is 12.0. The molecule has 0 atom stereocenters. The molecule has 118 valence electrons. The van der Waals surface area contributed by atoms with Gasteiger partial charge in [0.2, 0.25) is 5.95 Å². The van der Waals surface area contributed by atoms with E-state index in [0.717, 1.165) is 18.7 Å². The van der Waals surface area contributed by atoms with Crippen LogP contribution in [0.25, 0.3) is 0 Å². The van der Waals surface area contributed by atoms with Gasteiger partial charge in [-0.25, -0.2) is 9.78 Å². The van der Waals surface area contributed by atoms with E-state index in [1.165, 1.54) is 36.6 Å². The number of pyridine rings is 1. The SMILES string of the molecule is CCCCCCCNc1ncn(Cc2ccccn2)c(=O)n1. The Kier molecular flexibility index (Phi) is 6.54. The normalized spacial score (nSPS) is 10.6. The van der Waals surface area contributed by atoms with Crippen molar-refractivity contribution in [2.75, 3.05) is 11.9 Å². The topological polar surface area (TPSA) is 72.7 Å². The van der Waals surface area contributed by atoms with Gasteiger partial charge in [0.1, 0.15) is 6.33 Å². The van der Waals surface area contributed by atoms with Gasteiger partial charge in [-0.1, -0.05) is 38.7 Å². The van der Waals surface area contributed by atoms with Crippen molar-refractivity contribution in [1.82, 2.24) is 19.5 Å². The predicted molar refractivity (Wildman–Crippen MR) is 86.9 cm³/mol. The summed E-state index contributed by atoms with van der Waals surface area (Å²) in [4.78, 5) is 24.3. The number of nitrogens with zero attached hydrogens (tertiary/aromatic N) is 4. The summed E-state index contributed by atoms with van der Waals surface area (Å²) in [7, 11) is 0. The third kappa shape index (κ3) is 5.27. The second kappa shape index (κ2) is 8.92. The van der Waals surface area contributed by atoms with Gasteiger partial charge in [-0.3, -0.25) is 9.55 Å². The zero-order chi connectivity index (χ0) is 15.6. The van der Waals surface area contributed by atoms with E-state index in [9.17, 15) is 4.79 Å². The summed E-state index contributed by atoms with van der Waals surface area (Å²) in [6, 6.07) is 5.61. The molecule has 1 N–H and O–H groups in total. The molecule has 0 saturated carbocycles. The van der Waals surface area contributed by atoms with E-state index >= 15 is 0 Å². The second-order valence-electron chi connectivity index (χ2n) is 5.25. The molecular formula is C16H23N5O. The molecule has 0 spiro atoms. The van der Waals surface area contributed by atoms with Gasteiger partial charge in [0.05, 0.1) is 12.2 Å². The van der Waals surface area contributed by atoms with Crippen molar-refractivity contribution >= 4 is 5.95 Å². The van der Waals surface area contributed by atoms with Crippen molar-refractivity contribution in [3.8, 4) is 0 Å². The Bertz CT molecular complexity index is 611. The minimum Gasteiger partial charge on any atom is -0.354 e. The number of anilines is 1. The highest BCUT2D eigenvalue weighted by atomic mass is 16.1. The largest absolute Gasteiger partial charge is 0.354 e. The molecule has 0 fully saturated rings. The van der Waals surface area contributed by atoms with E-state index in [4.69, 9.17) is 0 Å². The van der Waals surface area contributed by atoms with Crippen molar-refractivity contribution in [1.29, 1.82) is 0 Å². The molecule has 0 amide bonds. The van der Waals surface area contributed by atoms with Crippen LogP contribution >= 0.6 is 0 Å². The summed E-state index contributed by atoms with van der Waals surface area (Å²) in [6.07, 6.45) is 9.26. The van der Waals surface area contributed by atoms with Crippen LogP contribution in [0.2, 0.25) is 0 Å². The molecule has 22 heavy (non-hydrogen) atoms. The van der Waals surface area contributed by atoms with Crippen LogP contribution in [0.5, 0.6) is 0 Å². The third-order valence-corrected chi connectivity index (χ3v) is 3.39. The maximum absolute atomic E-state index is 12.0. The van der Waals surface area contributed by atoms with Crippen LogP contribution in [0.1, 0.15) is 44.7 Å². The lowest BCUT2D eigenvalue weighted by atomic mass is 10.1. The van der Waals surface area contributed by atoms with Gasteiger partial charge in [0.15, 0.2) is 0 Å². The van der Waals surface area contributed by atoms with Crippen LogP contribution < -0.4 is 11.0 Å². The van der Waals surface area contributed by atoms with Gasteiger partial charge in [-0.15, -0.1) is 0 Å². The molecule has 0 aliphatic carbocycles. The first-order chi connectivity index (χ1) is 10.8. The Morgan fingerprint density at radius 1 is 1.14 bits per heavy atom. The third-order valence-electron chi connectivity index (χ3n) is 3.39. The minimum absolute atomic E-state index is 0.311. The monoisotopic (exact) mass is 301 g/mol. The fourth-order valence-corrected chi connectivity index (χ4v) is 2.15. The number of hydrogen-bond acceptors (Lipinski definition) is 5. The highest BCUT2D eigenvalue weighted by Crippen LogP contribution is 2.03. The Balaban J connectivity index is 1.83. The number of rotatable bonds is 9. The van der Waals surface area contributed by atoms with Crippen molar-refractivity contribution in [3.63, 3.8) is 0 Å². The Morgan fingerprint density at radius 2 is 2.00 bits per heavy atom. The standard InChI is InChI=1S/C16H23N5O/c1-2-3-4-5-7-11-18-15-19-13-21(16(22)20-15)12-14-9-6-8-10-17-14/h6,8-10,13H,2-5,7,11-12H2,1H3,(H,18,20,22). The molecule has 0 unspecified atom stereocenters. The van der Waals surface area contributed by atoms with Gasteiger partial charge in [0.25, 0.3) is 0 Å². The average Bonchev–Trinajstić information content (AvgIpc) is 2.54. The molecule has 0 radical (unpaired) electrons. The Labute approximate surface area is 130 Å². The van der Waals surface area contributed by atoms with Crippen LogP contribution in [0.4, 0.5) is 5.95 Å². The number of nitrogens with one attached hydrogen (secondary N) is 1. The second-order valence-corrected chi connectivity index (χ2v) is 5.25. The molecule has 2 aromatic heterocycles. The van der Waals surface area contributed by atoms with Gasteiger partial charge in [0, 0.05) is 12.7 Å². The van der Waals surface area contributed by atoms with Crippen LogP contribution in [-0.2, 0) is 6.54 Å². The maximum Gasteiger partial charge on any atom is 0.352 e. The first-order valence-electron chi connectivity index (χ1n) is 7.87. The molecule has 0 aliphatic heterocycles. The number of unbranched alkanes of at least 4 members (excludes halogenated alkanes) is 4. The van der Waals surface area contributed by atoms with E-state index in [2.05, 4.69) is 27.2 Å². The molecule has 0 aliphatic rings. The van der Waals surface area contributed by atoms with Crippen LogP contribution in [-0.4, -0.2) is 26.1 Å². The van der Waals surface area contributed by atoms with Crippen molar-refractivity contribution in [2.24, 2.45) is 0 Å². The smallest absolute Gasteiger partial charge is 0.352 e. The van der Waals surface area contributed by atoms with Crippen molar-refractivity contribution in [2.45, 2.75) is 45.6 Å². The highest BCUT2D eigenvalue weighted by molar-refractivity contribution is 5.20. The summed E-state index contributed by atoms with van der Waals surface area (Å²) in [5.41, 5.74) is 0.499. The average molecular weight is 301 g/mol. The Hall–Kier alpha value is -2.24. The molecule has 2 heterocycles. The molecular weight excluding hydrogens is 278 g/mol. The quantitative estimate of drug-likeness (QED) is 0.720. The summed E-state index contributed by atoms with van der Waals surface area (Å²) in [5, 5.41) is 3.10. The highest BCUT2D eigenvalue weighted by Gasteiger charge is 2.03. The molecule has 2 aromatic rings. The van der Waals surface area contributed by atoms with E-state index in [-0.39, 0.29) is 5.69 Å². The zero-order valence-corrected chi connectivity index (χ0v) is 13.0. The lowest BCUT2D eigenvalue weighted by Gasteiger charge is -2.07. The zero-order valence-electron chi connectivity index (χ0n) is 13.0. The number of hydrogen-bond donors (Lipinski definition) is 1. The predicted octanol–water partition coefficient (Wildman–Crippen LogP) is 2.46. The lowest BCUT2D eigenvalue weighted by molar-refractivity contribution is 0.641. The van der Waals surface area contributed by atoms with Crippen LogP contribution in [0.15, 0.2) is 35.5 Å². The first kappa shape index (κ1) is 16.1. The van der Waals surface area contributed by atoms with Gasteiger partial charge < -0.3 is 5.32 Å². The van der Waals surface area contributed by atoms with Crippen LogP contribution in [0, 0.1) is 0 Å². The summed E-state index contributed by atoms with van der Waals surface area (Å²) in [5.74, 6) is 0.401. The van der Waals surface area contributed by atoms with E-state index < -0.39 is 0 Å². The van der Waals surface area contributed by atoms with Crippen molar-refractivity contribution in [3.05, 3.63) is 46.9 Å².